The molecular weight excluding hydrogens is 286 g/mol. The van der Waals surface area contributed by atoms with E-state index in [0.29, 0.717) is 0 Å². The van der Waals surface area contributed by atoms with Crippen LogP contribution in [0.25, 0.3) is 0 Å². The van der Waals surface area contributed by atoms with Gasteiger partial charge in [0.15, 0.2) is 0 Å². The summed E-state index contributed by atoms with van der Waals surface area (Å²) in [4.78, 5) is 2.30. The summed E-state index contributed by atoms with van der Waals surface area (Å²) in [6.07, 6.45) is 8.99. The van der Waals surface area contributed by atoms with Crippen LogP contribution < -0.4 is 0 Å². The summed E-state index contributed by atoms with van der Waals surface area (Å²) in [6, 6.07) is 10.7. The quantitative estimate of drug-likeness (QED) is 0.854. The smallest absolute Gasteiger partial charge is 0.0660 e. The molecule has 1 N–H and O–H groups in total. The highest BCUT2D eigenvalue weighted by Crippen LogP contribution is 2.32. The maximum atomic E-state index is 10.4. The van der Waals surface area contributed by atoms with Crippen molar-refractivity contribution < 1.29 is 5.11 Å². The first-order valence-corrected chi connectivity index (χ1v) is 8.59. The molecule has 3 rings (SSSR count). The number of nitrogens with zero attached hydrogens (tertiary/aromatic N) is 3. The molecule has 0 aliphatic heterocycles. The summed E-state index contributed by atoms with van der Waals surface area (Å²) in [5.41, 5.74) is 2.18. The second-order valence-electron chi connectivity index (χ2n) is 6.94. The highest BCUT2D eigenvalue weighted by atomic mass is 16.3. The average molecular weight is 313 g/mol. The average Bonchev–Trinajstić information content (AvgIpc) is 3.20. The van der Waals surface area contributed by atoms with Crippen molar-refractivity contribution >= 4 is 0 Å². The Morgan fingerprint density at radius 1 is 1.17 bits per heavy atom. The molecule has 1 aromatic heterocycles. The first-order valence-electron chi connectivity index (χ1n) is 8.59. The van der Waals surface area contributed by atoms with Gasteiger partial charge < -0.3 is 10.0 Å². The minimum Gasteiger partial charge on any atom is -0.390 e. The lowest BCUT2D eigenvalue weighted by atomic mass is 9.98. The zero-order valence-electron chi connectivity index (χ0n) is 14.0. The highest BCUT2D eigenvalue weighted by molar-refractivity contribution is 5.22. The van der Waals surface area contributed by atoms with Crippen LogP contribution in [0, 0.1) is 0 Å². The number of hydrogen-bond acceptors (Lipinski definition) is 3. The van der Waals surface area contributed by atoms with E-state index < -0.39 is 5.60 Å². The Hall–Kier alpha value is -1.65. The molecule has 0 bridgehead atoms. The largest absolute Gasteiger partial charge is 0.390 e. The zero-order valence-corrected chi connectivity index (χ0v) is 14.0. The maximum absolute atomic E-state index is 10.4. The monoisotopic (exact) mass is 313 g/mol. The minimum absolute atomic E-state index is 0.401. The van der Waals surface area contributed by atoms with E-state index in [9.17, 15) is 5.11 Å². The van der Waals surface area contributed by atoms with Gasteiger partial charge in [-0.25, -0.2) is 0 Å². The Morgan fingerprint density at radius 2 is 1.87 bits per heavy atom. The lowest BCUT2D eigenvalue weighted by Gasteiger charge is -2.25. The minimum atomic E-state index is -0.401. The van der Waals surface area contributed by atoms with Crippen LogP contribution in [0.2, 0.25) is 0 Å². The third-order valence-corrected chi connectivity index (χ3v) is 4.87. The van der Waals surface area contributed by atoms with Crippen LogP contribution in [0.1, 0.15) is 43.2 Å². The van der Waals surface area contributed by atoms with Crippen molar-refractivity contribution in [2.24, 2.45) is 0 Å². The second-order valence-corrected chi connectivity index (χ2v) is 6.94. The fourth-order valence-electron chi connectivity index (χ4n) is 3.40. The summed E-state index contributed by atoms with van der Waals surface area (Å²) in [7, 11) is 2.13. The number of benzene rings is 1. The molecule has 1 fully saturated rings. The molecule has 124 valence electrons. The summed E-state index contributed by atoms with van der Waals surface area (Å²) in [6.45, 7) is 2.69. The molecule has 2 aromatic rings. The molecule has 4 nitrogen and oxygen atoms in total. The van der Waals surface area contributed by atoms with Crippen LogP contribution in [-0.4, -0.2) is 39.0 Å². The zero-order chi connectivity index (χ0) is 16.1. The molecule has 0 atom stereocenters. The van der Waals surface area contributed by atoms with Gasteiger partial charge in [0, 0.05) is 25.5 Å². The summed E-state index contributed by atoms with van der Waals surface area (Å²) < 4.78 is 1.93. The van der Waals surface area contributed by atoms with Crippen molar-refractivity contribution in [3.05, 3.63) is 53.9 Å². The molecule has 1 aliphatic carbocycles. The molecule has 0 saturated heterocycles. The SMILES string of the molecule is CN(CCC1(O)CCCC1)Cc1ccc(Cn2cccn2)cc1. The molecule has 1 heterocycles. The van der Waals surface area contributed by atoms with Crippen molar-refractivity contribution in [2.75, 3.05) is 13.6 Å². The molecule has 0 radical (unpaired) electrons. The molecule has 1 aliphatic rings. The molecule has 0 spiro atoms. The second kappa shape index (κ2) is 7.28. The van der Waals surface area contributed by atoms with E-state index in [2.05, 4.69) is 41.3 Å². The van der Waals surface area contributed by atoms with Crippen molar-refractivity contribution in [1.82, 2.24) is 14.7 Å². The van der Waals surface area contributed by atoms with Crippen LogP contribution in [0.5, 0.6) is 0 Å². The fourth-order valence-corrected chi connectivity index (χ4v) is 3.40. The van der Waals surface area contributed by atoms with Crippen molar-refractivity contribution in [1.29, 1.82) is 0 Å². The summed E-state index contributed by atoms with van der Waals surface area (Å²) in [5.74, 6) is 0. The van der Waals surface area contributed by atoms with Gasteiger partial charge in [0.1, 0.15) is 0 Å². The Kier molecular flexibility index (Phi) is 5.13. The topological polar surface area (TPSA) is 41.3 Å². The van der Waals surface area contributed by atoms with Crippen molar-refractivity contribution in [3.63, 3.8) is 0 Å². The lowest BCUT2D eigenvalue weighted by molar-refractivity contribution is 0.0297. The van der Waals surface area contributed by atoms with E-state index in [1.165, 1.54) is 24.0 Å². The molecule has 4 heteroatoms. The van der Waals surface area contributed by atoms with Gasteiger partial charge in [-0.3, -0.25) is 4.68 Å². The van der Waals surface area contributed by atoms with Gasteiger partial charge in [-0.1, -0.05) is 37.1 Å². The predicted octanol–water partition coefficient (Wildman–Crippen LogP) is 3.06. The Bertz CT molecular complexity index is 586. The number of hydrogen-bond donors (Lipinski definition) is 1. The first kappa shape index (κ1) is 16.2. The van der Waals surface area contributed by atoms with Crippen LogP contribution in [0.4, 0.5) is 0 Å². The number of aromatic nitrogens is 2. The third kappa shape index (κ3) is 4.66. The summed E-state index contributed by atoms with van der Waals surface area (Å²) >= 11 is 0. The lowest BCUT2D eigenvalue weighted by Crippen LogP contribution is -2.31. The van der Waals surface area contributed by atoms with Crippen LogP contribution >= 0.6 is 0 Å². The van der Waals surface area contributed by atoms with E-state index >= 15 is 0 Å². The molecule has 1 aromatic carbocycles. The Morgan fingerprint density at radius 3 is 2.52 bits per heavy atom. The Labute approximate surface area is 138 Å². The van der Waals surface area contributed by atoms with Gasteiger partial charge in [0.05, 0.1) is 12.1 Å². The predicted molar refractivity (Wildman–Crippen MR) is 92.1 cm³/mol. The molecule has 23 heavy (non-hydrogen) atoms. The first-order chi connectivity index (χ1) is 11.1. The Balaban J connectivity index is 1.47. The normalized spacial score (nSPS) is 17.0. The van der Waals surface area contributed by atoms with Crippen LogP contribution in [0.15, 0.2) is 42.7 Å². The van der Waals surface area contributed by atoms with Gasteiger partial charge in [-0.15, -0.1) is 0 Å². The maximum Gasteiger partial charge on any atom is 0.0660 e. The fraction of sp³-hybridized carbons (Fsp3) is 0.526. The van der Waals surface area contributed by atoms with E-state index in [4.69, 9.17) is 0 Å². The van der Waals surface area contributed by atoms with Gasteiger partial charge in [-0.05, 0) is 43.5 Å². The van der Waals surface area contributed by atoms with E-state index in [1.54, 1.807) is 0 Å². The molecule has 1 saturated carbocycles. The highest BCUT2D eigenvalue weighted by Gasteiger charge is 2.30. The molecule has 0 amide bonds. The van der Waals surface area contributed by atoms with Crippen LogP contribution in [-0.2, 0) is 13.1 Å². The standard InChI is InChI=1S/C19H27N3O/c1-21(14-11-19(23)9-2-3-10-19)15-17-5-7-18(8-6-17)16-22-13-4-12-20-22/h4-8,12-13,23H,2-3,9-11,14-16H2,1H3. The van der Waals surface area contributed by atoms with E-state index in [0.717, 1.165) is 38.9 Å². The van der Waals surface area contributed by atoms with E-state index in [1.807, 2.05) is 23.1 Å². The third-order valence-electron chi connectivity index (χ3n) is 4.87. The molecular formula is C19H27N3O. The van der Waals surface area contributed by atoms with Gasteiger partial charge in [0.25, 0.3) is 0 Å². The number of rotatable bonds is 7. The van der Waals surface area contributed by atoms with Gasteiger partial charge >= 0.3 is 0 Å². The van der Waals surface area contributed by atoms with Crippen LogP contribution in [0.3, 0.4) is 0 Å². The van der Waals surface area contributed by atoms with E-state index in [-0.39, 0.29) is 0 Å². The molecule has 0 unspecified atom stereocenters. The van der Waals surface area contributed by atoms with Gasteiger partial charge in [0.2, 0.25) is 0 Å². The number of aliphatic hydroxyl groups is 1. The van der Waals surface area contributed by atoms with Crippen molar-refractivity contribution in [2.45, 2.75) is 50.8 Å². The summed E-state index contributed by atoms with van der Waals surface area (Å²) in [5, 5.41) is 14.7. The van der Waals surface area contributed by atoms with Crippen molar-refractivity contribution in [3.8, 4) is 0 Å². The van der Waals surface area contributed by atoms with Gasteiger partial charge in [-0.2, -0.15) is 5.10 Å².